The van der Waals surface area contributed by atoms with Gasteiger partial charge in [0.25, 0.3) is 0 Å². The fourth-order valence-corrected chi connectivity index (χ4v) is 0.300. The highest BCUT2D eigenvalue weighted by Crippen LogP contribution is 1.97. The summed E-state index contributed by atoms with van der Waals surface area (Å²) in [5, 5.41) is 10.2. The van der Waals surface area contributed by atoms with E-state index in [0.29, 0.717) is 0 Å². The first-order valence-corrected chi connectivity index (χ1v) is 2.90. The molecule has 0 aromatic rings. The van der Waals surface area contributed by atoms with Gasteiger partial charge >= 0.3 is 5.97 Å². The van der Waals surface area contributed by atoms with Crippen molar-refractivity contribution in [1.82, 2.24) is 0 Å². The van der Waals surface area contributed by atoms with E-state index in [1.807, 2.05) is 0 Å². The number of ether oxygens (including phenoxy) is 1. The maximum Gasteiger partial charge on any atom is 0.310 e. The third-order valence-electron chi connectivity index (χ3n) is 0.754. The second-order valence-corrected chi connectivity index (χ2v) is 2.16. The van der Waals surface area contributed by atoms with Crippen LogP contribution >= 0.6 is 0 Å². The second kappa shape index (κ2) is 3.45. The van der Waals surface area contributed by atoms with Crippen LogP contribution in [-0.4, -0.2) is 12.3 Å². The zero-order valence-electron chi connectivity index (χ0n) is 5.88. The van der Waals surface area contributed by atoms with E-state index in [0.717, 1.165) is 0 Å². The van der Waals surface area contributed by atoms with E-state index in [-0.39, 0.29) is 5.92 Å². The molecule has 3 nitrogen and oxygen atoms in total. The Balaban J connectivity index is 3.51. The van der Waals surface area contributed by atoms with E-state index in [1.54, 1.807) is 13.8 Å². The number of esters is 1. The molecule has 0 aromatic carbocycles. The molecule has 0 fully saturated rings. The summed E-state index contributed by atoms with van der Waals surface area (Å²) in [7, 11) is 0. The van der Waals surface area contributed by atoms with Crippen LogP contribution in [0.5, 0.6) is 0 Å². The van der Waals surface area contributed by atoms with Crippen LogP contribution in [0.4, 0.5) is 0 Å². The number of carbonyl (C=O) groups excluding carboxylic acids is 1. The molecule has 0 aromatic heterocycles. The van der Waals surface area contributed by atoms with Gasteiger partial charge < -0.3 is 4.74 Å². The molecule has 0 N–H and O–H groups in total. The molecule has 1 unspecified atom stereocenters. The van der Waals surface area contributed by atoms with Crippen LogP contribution in [-0.2, 0) is 14.6 Å². The largest absolute Gasteiger partial charge is 0.433 e. The molecule has 1 atom stereocenters. The van der Waals surface area contributed by atoms with Gasteiger partial charge in [-0.05, 0) is 0 Å². The van der Waals surface area contributed by atoms with Crippen molar-refractivity contribution < 1.29 is 14.6 Å². The monoisotopic (exact) mass is 131 g/mol. The Kier molecular flexibility index (Phi) is 3.24. The number of hydrogen-bond acceptors (Lipinski definition) is 2. The van der Waals surface area contributed by atoms with Gasteiger partial charge in [0.15, 0.2) is 0 Å². The summed E-state index contributed by atoms with van der Waals surface area (Å²) in [6, 6.07) is 0. The van der Waals surface area contributed by atoms with Gasteiger partial charge in [0, 0.05) is 6.92 Å². The van der Waals surface area contributed by atoms with Crippen molar-refractivity contribution in [2.24, 2.45) is 5.92 Å². The van der Waals surface area contributed by atoms with Crippen molar-refractivity contribution >= 4 is 5.97 Å². The van der Waals surface area contributed by atoms with Gasteiger partial charge in [-0.2, -0.15) is 5.11 Å². The van der Waals surface area contributed by atoms with E-state index in [1.165, 1.54) is 6.92 Å². The predicted octanol–water partition coefficient (Wildman–Crippen LogP) is 0.962. The summed E-state index contributed by atoms with van der Waals surface area (Å²) in [5.41, 5.74) is 0. The molecule has 0 heterocycles. The third-order valence-corrected chi connectivity index (χ3v) is 0.754. The highest BCUT2D eigenvalue weighted by molar-refractivity contribution is 5.71. The van der Waals surface area contributed by atoms with Crippen LogP contribution in [0.1, 0.15) is 20.8 Å². The Bertz CT molecular complexity index is 96.5. The average Bonchev–Trinajstić information content (AvgIpc) is 1.63. The fourth-order valence-electron chi connectivity index (χ4n) is 0.300. The summed E-state index contributed by atoms with van der Waals surface area (Å²) in [5.74, 6) is -0.640. The van der Waals surface area contributed by atoms with Crippen LogP contribution in [0.2, 0.25) is 0 Å². The van der Waals surface area contributed by atoms with Gasteiger partial charge in [-0.15, -0.1) is 0 Å². The SMILES string of the molecule is CC([O])OC(=O)C(C)C. The minimum absolute atomic E-state index is 0.207. The molecule has 0 aliphatic carbocycles. The quantitative estimate of drug-likeness (QED) is 0.414. The van der Waals surface area contributed by atoms with Crippen molar-refractivity contribution in [3.05, 3.63) is 0 Å². The summed E-state index contributed by atoms with van der Waals surface area (Å²) in [6.07, 6.45) is -1.24. The zero-order valence-corrected chi connectivity index (χ0v) is 5.88. The molecule has 9 heavy (non-hydrogen) atoms. The fraction of sp³-hybridized carbons (Fsp3) is 0.833. The highest BCUT2D eigenvalue weighted by Gasteiger charge is 2.10. The molecule has 1 radical (unpaired) electrons. The first-order chi connectivity index (χ1) is 4.04. The summed E-state index contributed by atoms with van der Waals surface area (Å²) < 4.78 is 4.32. The molecule has 0 bridgehead atoms. The molecular weight excluding hydrogens is 120 g/mol. The van der Waals surface area contributed by atoms with Crippen LogP contribution < -0.4 is 0 Å². The lowest BCUT2D eigenvalue weighted by molar-refractivity contribution is -0.178. The standard InChI is InChI=1S/C6H11O3/c1-4(2)6(8)9-5(3)7/h4-5H,1-3H3. The lowest BCUT2D eigenvalue weighted by Crippen LogP contribution is -2.17. The summed E-state index contributed by atoms with van der Waals surface area (Å²) in [6.45, 7) is 4.66. The molecule has 0 spiro atoms. The lowest BCUT2D eigenvalue weighted by atomic mass is 10.2. The van der Waals surface area contributed by atoms with Crippen LogP contribution in [0.3, 0.4) is 0 Å². The van der Waals surface area contributed by atoms with Crippen molar-refractivity contribution in [3.8, 4) is 0 Å². The summed E-state index contributed by atoms with van der Waals surface area (Å²) in [4.78, 5) is 10.5. The Labute approximate surface area is 54.6 Å². The Morgan fingerprint density at radius 2 is 1.78 bits per heavy atom. The molecule has 0 aliphatic rings. The van der Waals surface area contributed by atoms with Gasteiger partial charge in [0.1, 0.15) is 0 Å². The third kappa shape index (κ3) is 3.97. The Hall–Kier alpha value is -0.570. The first kappa shape index (κ1) is 8.43. The number of carbonyl (C=O) groups is 1. The molecule has 0 saturated carbocycles. The van der Waals surface area contributed by atoms with E-state index >= 15 is 0 Å². The van der Waals surface area contributed by atoms with Gasteiger partial charge in [-0.25, -0.2) is 0 Å². The van der Waals surface area contributed by atoms with Crippen LogP contribution in [0.25, 0.3) is 0 Å². The predicted molar refractivity (Wildman–Crippen MR) is 31.1 cm³/mol. The Morgan fingerprint density at radius 1 is 1.33 bits per heavy atom. The summed E-state index contributed by atoms with van der Waals surface area (Å²) >= 11 is 0. The van der Waals surface area contributed by atoms with Gasteiger partial charge in [0.05, 0.1) is 5.92 Å². The lowest BCUT2D eigenvalue weighted by Gasteiger charge is -2.06. The van der Waals surface area contributed by atoms with Gasteiger partial charge in [-0.3, -0.25) is 4.79 Å². The second-order valence-electron chi connectivity index (χ2n) is 2.16. The first-order valence-electron chi connectivity index (χ1n) is 2.90. The normalized spacial score (nSPS) is 13.4. The topological polar surface area (TPSA) is 46.2 Å². The molecule has 0 rings (SSSR count). The smallest absolute Gasteiger partial charge is 0.310 e. The van der Waals surface area contributed by atoms with Gasteiger partial charge in [0.2, 0.25) is 6.29 Å². The van der Waals surface area contributed by atoms with E-state index in [4.69, 9.17) is 0 Å². The maximum atomic E-state index is 10.5. The minimum atomic E-state index is -1.24. The van der Waals surface area contributed by atoms with Gasteiger partial charge in [-0.1, -0.05) is 13.8 Å². The highest BCUT2D eigenvalue weighted by atomic mass is 16.6. The molecule has 0 saturated heterocycles. The zero-order chi connectivity index (χ0) is 7.44. The van der Waals surface area contributed by atoms with Crippen molar-refractivity contribution in [3.63, 3.8) is 0 Å². The molecule has 3 heteroatoms. The average molecular weight is 131 g/mol. The van der Waals surface area contributed by atoms with Crippen LogP contribution in [0, 0.1) is 5.92 Å². The Morgan fingerprint density at radius 3 is 1.89 bits per heavy atom. The van der Waals surface area contributed by atoms with Crippen molar-refractivity contribution in [2.75, 3.05) is 0 Å². The van der Waals surface area contributed by atoms with E-state index < -0.39 is 12.3 Å². The van der Waals surface area contributed by atoms with Crippen LogP contribution in [0.15, 0.2) is 0 Å². The van der Waals surface area contributed by atoms with Crippen molar-refractivity contribution in [2.45, 2.75) is 27.1 Å². The number of rotatable bonds is 2. The molecule has 53 valence electrons. The molecular formula is C6H11O3. The van der Waals surface area contributed by atoms with Crippen molar-refractivity contribution in [1.29, 1.82) is 0 Å². The maximum absolute atomic E-state index is 10.5. The van der Waals surface area contributed by atoms with E-state index in [9.17, 15) is 9.90 Å². The van der Waals surface area contributed by atoms with E-state index in [2.05, 4.69) is 4.74 Å². The minimum Gasteiger partial charge on any atom is -0.433 e. The number of hydrogen-bond donors (Lipinski definition) is 0. The molecule has 0 aliphatic heterocycles. The molecule has 0 amide bonds.